The Morgan fingerprint density at radius 2 is 0.621 bits per heavy atom. The Labute approximate surface area is 391 Å². The van der Waals surface area contributed by atoms with Gasteiger partial charge in [-0.15, -0.1) is 0 Å². The highest BCUT2D eigenvalue weighted by Crippen LogP contribution is 2.42. The largest absolute Gasteiger partial charge is 0.508 e. The van der Waals surface area contributed by atoms with Crippen LogP contribution in [0.1, 0.15) is 48.4 Å². The molecule has 0 fully saturated rings. The lowest BCUT2D eigenvalue weighted by molar-refractivity contribution is 0.474. The minimum absolute atomic E-state index is 0.230. The zero-order valence-electron chi connectivity index (χ0n) is 38.5. The first kappa shape index (κ1) is 46.0. The third-order valence-corrected chi connectivity index (χ3v) is 11.4. The smallest absolute Gasteiger partial charge is 0.117 e. The number of rotatable bonds is 11. The lowest BCUT2D eigenvalue weighted by atomic mass is 9.98. The van der Waals surface area contributed by atoms with Crippen LogP contribution >= 0.6 is 0 Å². The number of hydrogen-bond donors (Lipinski definition) is 2. The van der Waals surface area contributed by atoms with Gasteiger partial charge in [0.1, 0.15) is 11.5 Å². The van der Waals surface area contributed by atoms with Gasteiger partial charge in [-0.05, 0) is 171 Å². The molecule has 9 aromatic carbocycles. The molecule has 5 heteroatoms. The van der Waals surface area contributed by atoms with E-state index in [2.05, 4.69) is 194 Å². The molecule has 1 atom stereocenters. The Kier molecular flexibility index (Phi) is 15.7. The molecule has 9 aromatic rings. The van der Waals surface area contributed by atoms with E-state index in [1.165, 1.54) is 16.7 Å². The monoisotopic (exact) mass is 865 g/mol. The molecule has 0 saturated heterocycles. The summed E-state index contributed by atoms with van der Waals surface area (Å²) in [6.07, 6.45) is 1.10. The normalized spacial score (nSPS) is 10.9. The van der Waals surface area contributed by atoms with Gasteiger partial charge in [-0.1, -0.05) is 129 Å². The number of nitrogens with zero attached hydrogens (tertiary/aromatic N) is 3. The van der Waals surface area contributed by atoms with E-state index >= 15 is 0 Å². The quantitative estimate of drug-likeness (QED) is 0.136. The van der Waals surface area contributed by atoms with Gasteiger partial charge in [0, 0.05) is 57.3 Å². The Morgan fingerprint density at radius 1 is 0.318 bits per heavy atom. The Bertz CT molecular complexity index is 2700. The van der Waals surface area contributed by atoms with E-state index in [-0.39, 0.29) is 5.75 Å². The second-order valence-corrected chi connectivity index (χ2v) is 16.5. The van der Waals surface area contributed by atoms with E-state index in [4.69, 9.17) is 5.11 Å². The van der Waals surface area contributed by atoms with Crippen molar-refractivity contribution in [3.8, 4) is 11.5 Å². The van der Waals surface area contributed by atoms with Crippen LogP contribution in [0.5, 0.6) is 11.5 Å². The fourth-order valence-electron chi connectivity index (χ4n) is 7.75. The number of phenols is 2. The van der Waals surface area contributed by atoms with Crippen molar-refractivity contribution in [3.63, 3.8) is 0 Å². The molecule has 0 aliphatic rings. The highest BCUT2D eigenvalue weighted by atomic mass is 16.3. The highest BCUT2D eigenvalue weighted by Gasteiger charge is 2.18. The van der Waals surface area contributed by atoms with Crippen LogP contribution in [0.25, 0.3) is 0 Å². The van der Waals surface area contributed by atoms with Crippen LogP contribution in [0.3, 0.4) is 0 Å². The number of anilines is 9. The van der Waals surface area contributed by atoms with Gasteiger partial charge in [0.15, 0.2) is 0 Å². The SMILES string of the molecule is CCC(C)c1ccc(N(c2ccc(N(c3ccccc3)c3cccc(C)c3)cc2)c2ccc(N(c3ccccc3)c3cccc(O)c3)cc2)cc1.Cc1cccc(O)c1.Cc1ccccc1. The van der Waals surface area contributed by atoms with Crippen LogP contribution in [-0.4, -0.2) is 10.2 Å². The summed E-state index contributed by atoms with van der Waals surface area (Å²) < 4.78 is 0. The van der Waals surface area contributed by atoms with E-state index in [0.717, 1.165) is 63.2 Å². The molecule has 9 rings (SSSR count). The molecular weight excluding hydrogens is 807 g/mol. The van der Waals surface area contributed by atoms with Gasteiger partial charge in [0.05, 0.1) is 0 Å². The van der Waals surface area contributed by atoms with E-state index < -0.39 is 0 Å². The van der Waals surface area contributed by atoms with Crippen molar-refractivity contribution >= 4 is 51.2 Å². The summed E-state index contributed by atoms with van der Waals surface area (Å²) >= 11 is 0. The summed E-state index contributed by atoms with van der Waals surface area (Å²) in [6.45, 7) is 10.7. The number of aromatic hydroxyl groups is 2. The maximum atomic E-state index is 10.4. The average molecular weight is 866 g/mol. The zero-order chi connectivity index (χ0) is 46.3. The molecule has 0 radical (unpaired) electrons. The molecule has 0 aromatic heterocycles. The van der Waals surface area contributed by atoms with Gasteiger partial charge in [0.25, 0.3) is 0 Å². The van der Waals surface area contributed by atoms with E-state index in [9.17, 15) is 5.11 Å². The second-order valence-electron chi connectivity index (χ2n) is 16.5. The minimum Gasteiger partial charge on any atom is -0.508 e. The van der Waals surface area contributed by atoms with Crippen molar-refractivity contribution in [2.24, 2.45) is 0 Å². The van der Waals surface area contributed by atoms with Crippen molar-refractivity contribution in [2.75, 3.05) is 14.7 Å². The second kappa shape index (κ2) is 22.6. The average Bonchev–Trinajstić information content (AvgIpc) is 3.34. The summed E-state index contributed by atoms with van der Waals surface area (Å²) in [5, 5.41) is 19.2. The van der Waals surface area contributed by atoms with Crippen molar-refractivity contribution in [2.45, 2.75) is 47.0 Å². The minimum atomic E-state index is 0.230. The predicted molar refractivity (Wildman–Crippen MR) is 280 cm³/mol. The lowest BCUT2D eigenvalue weighted by Gasteiger charge is -2.29. The van der Waals surface area contributed by atoms with Gasteiger partial charge >= 0.3 is 0 Å². The Hall–Kier alpha value is -8.02. The number of benzene rings is 9. The van der Waals surface area contributed by atoms with Crippen LogP contribution in [0.2, 0.25) is 0 Å². The molecule has 66 heavy (non-hydrogen) atoms. The third-order valence-electron chi connectivity index (χ3n) is 11.4. The van der Waals surface area contributed by atoms with Crippen LogP contribution in [0.4, 0.5) is 51.2 Å². The summed E-state index contributed by atoms with van der Waals surface area (Å²) in [6, 6.07) is 80.7. The molecule has 2 N–H and O–H groups in total. The topological polar surface area (TPSA) is 50.2 Å². The summed E-state index contributed by atoms with van der Waals surface area (Å²) in [5.74, 6) is 1.07. The number of para-hydroxylation sites is 2. The first-order chi connectivity index (χ1) is 32.2. The molecule has 0 bridgehead atoms. The van der Waals surface area contributed by atoms with Crippen LogP contribution in [0.15, 0.2) is 237 Å². The predicted octanol–water partition coefficient (Wildman–Crippen LogP) is 17.3. The Balaban J connectivity index is 0.000000365. The van der Waals surface area contributed by atoms with E-state index in [0.29, 0.717) is 11.7 Å². The molecule has 0 saturated carbocycles. The maximum Gasteiger partial charge on any atom is 0.117 e. The van der Waals surface area contributed by atoms with Crippen LogP contribution < -0.4 is 14.7 Å². The van der Waals surface area contributed by atoms with Crippen LogP contribution in [0, 0.1) is 20.8 Å². The molecule has 5 nitrogen and oxygen atoms in total. The zero-order valence-corrected chi connectivity index (χ0v) is 38.5. The fraction of sp³-hybridized carbons (Fsp3) is 0.115. The van der Waals surface area contributed by atoms with Crippen molar-refractivity contribution in [1.29, 1.82) is 0 Å². The third kappa shape index (κ3) is 12.2. The fourth-order valence-corrected chi connectivity index (χ4v) is 7.75. The summed E-state index contributed by atoms with van der Waals surface area (Å²) in [4.78, 5) is 6.78. The number of phenolic OH excluding ortho intramolecular Hbond substituents is 2. The first-order valence-corrected chi connectivity index (χ1v) is 22.6. The van der Waals surface area contributed by atoms with Crippen LogP contribution in [-0.2, 0) is 0 Å². The molecule has 0 spiro atoms. The molecule has 0 heterocycles. The summed E-state index contributed by atoms with van der Waals surface area (Å²) in [5.41, 5.74) is 14.4. The van der Waals surface area contributed by atoms with E-state index in [1.807, 2.05) is 67.6 Å². The number of hydrogen-bond acceptors (Lipinski definition) is 5. The standard InChI is InChI=1S/C47H43N3O.C7H8O.C7H8/c1-4-36(3)37-21-23-40(24-22-37)48(41-25-29-43(30-26-41)49(38-14-7-5-8-15-38)45-18-11-13-35(2)33-45)42-27-31-44(32-28-42)50(39-16-9-6-10-17-39)46-19-12-20-47(51)34-46;1-6-3-2-4-7(8)5-6;1-7-5-3-2-4-6-7/h5-34,36,51H,4H2,1-3H3;2-5,8H,1H3;2-6H,1H3. The van der Waals surface area contributed by atoms with Crippen molar-refractivity contribution < 1.29 is 10.2 Å². The molecular formula is C61H59N3O2. The highest BCUT2D eigenvalue weighted by molar-refractivity contribution is 5.83. The lowest BCUT2D eigenvalue weighted by Crippen LogP contribution is -2.13. The molecule has 0 aliphatic carbocycles. The van der Waals surface area contributed by atoms with Gasteiger partial charge in [-0.25, -0.2) is 0 Å². The van der Waals surface area contributed by atoms with Gasteiger partial charge in [-0.3, -0.25) is 0 Å². The van der Waals surface area contributed by atoms with Gasteiger partial charge < -0.3 is 24.9 Å². The Morgan fingerprint density at radius 3 is 0.970 bits per heavy atom. The first-order valence-electron chi connectivity index (χ1n) is 22.6. The summed E-state index contributed by atoms with van der Waals surface area (Å²) in [7, 11) is 0. The van der Waals surface area contributed by atoms with Crippen molar-refractivity contribution in [1.82, 2.24) is 0 Å². The molecule has 0 amide bonds. The maximum absolute atomic E-state index is 10.4. The van der Waals surface area contributed by atoms with Gasteiger partial charge in [0.2, 0.25) is 0 Å². The van der Waals surface area contributed by atoms with Gasteiger partial charge in [-0.2, -0.15) is 0 Å². The van der Waals surface area contributed by atoms with Crippen molar-refractivity contribution in [3.05, 3.63) is 259 Å². The molecule has 330 valence electrons. The van der Waals surface area contributed by atoms with E-state index in [1.54, 1.807) is 24.3 Å². The molecule has 0 aliphatic heterocycles. The molecule has 1 unspecified atom stereocenters. The number of aryl methyl sites for hydroxylation is 3.